The van der Waals surface area contributed by atoms with Crippen molar-refractivity contribution in [1.29, 1.82) is 0 Å². The van der Waals surface area contributed by atoms with E-state index in [0.717, 1.165) is 28.4 Å². The van der Waals surface area contributed by atoms with Gasteiger partial charge in [-0.1, -0.05) is 30.3 Å². The number of piperazine rings is 1. The van der Waals surface area contributed by atoms with Crippen molar-refractivity contribution >= 4 is 32.5 Å². The van der Waals surface area contributed by atoms with Gasteiger partial charge >= 0.3 is 0 Å². The van der Waals surface area contributed by atoms with Crippen LogP contribution < -0.4 is 4.90 Å². The van der Waals surface area contributed by atoms with E-state index >= 15 is 0 Å². The molecule has 2 aromatic carbocycles. The summed E-state index contributed by atoms with van der Waals surface area (Å²) in [6, 6.07) is 15.6. The van der Waals surface area contributed by atoms with Gasteiger partial charge < -0.3 is 9.80 Å². The lowest BCUT2D eigenvalue weighted by atomic mass is 9.97. The number of anilines is 1. The highest BCUT2D eigenvalue weighted by molar-refractivity contribution is 7.89. The number of aromatic nitrogens is 1. The molecule has 1 atom stereocenters. The molecule has 9 heteroatoms. The molecule has 0 saturated carbocycles. The number of hydrogen-bond donors (Lipinski definition) is 0. The number of aryl methyl sites for hydroxylation is 1. The van der Waals surface area contributed by atoms with E-state index in [9.17, 15) is 17.6 Å². The first-order chi connectivity index (χ1) is 16.8. The Labute approximate surface area is 205 Å². The summed E-state index contributed by atoms with van der Waals surface area (Å²) in [6.45, 7) is 4.91. The summed E-state index contributed by atoms with van der Waals surface area (Å²) in [5, 5.41) is 1.10. The Morgan fingerprint density at radius 2 is 1.71 bits per heavy atom. The van der Waals surface area contributed by atoms with Gasteiger partial charge in [-0.2, -0.15) is 4.31 Å². The lowest BCUT2D eigenvalue weighted by Crippen LogP contribution is -2.53. The van der Waals surface area contributed by atoms with Crippen molar-refractivity contribution in [3.05, 3.63) is 66.1 Å². The van der Waals surface area contributed by atoms with Crippen molar-refractivity contribution in [1.82, 2.24) is 14.2 Å². The van der Waals surface area contributed by atoms with Crippen LogP contribution in [0.15, 0.2) is 59.5 Å². The molecule has 0 radical (unpaired) electrons. The molecule has 35 heavy (non-hydrogen) atoms. The van der Waals surface area contributed by atoms with Crippen molar-refractivity contribution in [2.75, 3.05) is 44.2 Å². The number of halogens is 1. The Kier molecular flexibility index (Phi) is 6.46. The Hall–Kier alpha value is -3.04. The quantitative estimate of drug-likeness (QED) is 0.553. The smallest absolute Gasteiger partial charge is 0.246 e. The second-order valence-electron chi connectivity index (χ2n) is 9.24. The highest BCUT2D eigenvalue weighted by atomic mass is 32.2. The average Bonchev–Trinajstić information content (AvgIpc) is 2.88. The Morgan fingerprint density at radius 1 is 1.00 bits per heavy atom. The van der Waals surface area contributed by atoms with Crippen molar-refractivity contribution in [2.45, 2.75) is 24.7 Å². The SMILES string of the molecule is Cc1cc(N2CCN(C(=O)C3CCCN(S(=O)(=O)c4ccccc4F)C3)CC2)c2ccccc2n1. The molecular weight excluding hydrogens is 467 g/mol. The molecule has 2 aliphatic rings. The normalized spacial score (nSPS) is 19.8. The van der Waals surface area contributed by atoms with Gasteiger partial charge in [0.25, 0.3) is 0 Å². The number of carbonyl (C=O) groups is 1. The van der Waals surface area contributed by atoms with E-state index in [1.807, 2.05) is 30.0 Å². The van der Waals surface area contributed by atoms with Gasteiger partial charge in [0.1, 0.15) is 10.7 Å². The number of benzene rings is 2. The van der Waals surface area contributed by atoms with E-state index < -0.39 is 21.8 Å². The second-order valence-corrected chi connectivity index (χ2v) is 11.2. The van der Waals surface area contributed by atoms with Gasteiger partial charge in [-0.15, -0.1) is 0 Å². The molecule has 2 saturated heterocycles. The van der Waals surface area contributed by atoms with Gasteiger partial charge in [0.2, 0.25) is 15.9 Å². The van der Waals surface area contributed by atoms with Crippen molar-refractivity contribution in [3.63, 3.8) is 0 Å². The molecule has 0 N–H and O–H groups in total. The fourth-order valence-corrected chi connectivity index (χ4v) is 6.72. The van der Waals surface area contributed by atoms with Gasteiger partial charge in [-0.3, -0.25) is 9.78 Å². The molecule has 0 aliphatic carbocycles. The summed E-state index contributed by atoms with van der Waals surface area (Å²) in [5.41, 5.74) is 3.04. The molecule has 1 amide bonds. The maximum Gasteiger partial charge on any atom is 0.246 e. The highest BCUT2D eigenvalue weighted by Crippen LogP contribution is 2.29. The molecule has 0 bridgehead atoms. The van der Waals surface area contributed by atoms with Crippen molar-refractivity contribution < 1.29 is 17.6 Å². The van der Waals surface area contributed by atoms with Crippen LogP contribution in [-0.4, -0.2) is 67.8 Å². The molecule has 1 aromatic heterocycles. The second kappa shape index (κ2) is 9.54. The third-order valence-electron chi connectivity index (χ3n) is 6.94. The summed E-state index contributed by atoms with van der Waals surface area (Å²) in [7, 11) is -3.99. The van der Waals surface area contributed by atoms with Gasteiger partial charge in [-0.05, 0) is 44.0 Å². The van der Waals surface area contributed by atoms with Crippen LogP contribution >= 0.6 is 0 Å². The zero-order chi connectivity index (χ0) is 24.6. The standard InChI is InChI=1S/C26H29FN4O3S/c1-19-17-24(21-8-2-4-10-23(21)28-19)29-13-15-30(16-14-29)26(32)20-7-6-12-31(18-20)35(33,34)25-11-5-3-9-22(25)27/h2-5,8-11,17,20H,6-7,12-16,18H2,1H3. The Bertz CT molecular complexity index is 1360. The lowest BCUT2D eigenvalue weighted by molar-refractivity contribution is -0.137. The van der Waals surface area contributed by atoms with E-state index in [1.54, 1.807) is 0 Å². The maximum atomic E-state index is 14.2. The molecule has 2 aliphatic heterocycles. The highest BCUT2D eigenvalue weighted by Gasteiger charge is 2.36. The summed E-state index contributed by atoms with van der Waals surface area (Å²) < 4.78 is 41.5. The lowest BCUT2D eigenvalue weighted by Gasteiger charge is -2.39. The number of rotatable bonds is 4. The molecule has 7 nitrogen and oxygen atoms in total. The number of sulfonamides is 1. The number of fused-ring (bicyclic) bond motifs is 1. The fourth-order valence-electron chi connectivity index (χ4n) is 5.13. The van der Waals surface area contributed by atoms with E-state index in [4.69, 9.17) is 0 Å². The largest absolute Gasteiger partial charge is 0.367 e. The molecule has 1 unspecified atom stereocenters. The zero-order valence-corrected chi connectivity index (χ0v) is 20.5. The Balaban J connectivity index is 1.27. The number of amides is 1. The summed E-state index contributed by atoms with van der Waals surface area (Å²) in [6.07, 6.45) is 1.21. The minimum absolute atomic E-state index is 0.0196. The number of hydrogen-bond acceptors (Lipinski definition) is 5. The topological polar surface area (TPSA) is 73.8 Å². The third kappa shape index (κ3) is 4.62. The first-order valence-electron chi connectivity index (χ1n) is 12.0. The van der Waals surface area contributed by atoms with E-state index in [1.165, 1.54) is 22.5 Å². The van der Waals surface area contributed by atoms with Crippen LogP contribution in [0.4, 0.5) is 10.1 Å². The van der Waals surface area contributed by atoms with Crippen LogP contribution in [0.1, 0.15) is 18.5 Å². The first-order valence-corrected chi connectivity index (χ1v) is 13.4. The van der Waals surface area contributed by atoms with Crippen LogP contribution in [0.5, 0.6) is 0 Å². The predicted octanol–water partition coefficient (Wildman–Crippen LogP) is 3.43. The minimum Gasteiger partial charge on any atom is -0.367 e. The molecule has 184 valence electrons. The summed E-state index contributed by atoms with van der Waals surface area (Å²) in [4.78, 5) is 21.8. The maximum absolute atomic E-state index is 14.2. The van der Waals surface area contributed by atoms with E-state index in [0.29, 0.717) is 45.6 Å². The number of carbonyl (C=O) groups excluding carboxylic acids is 1. The molecular formula is C26H29FN4O3S. The molecule has 0 spiro atoms. The van der Waals surface area contributed by atoms with Gasteiger partial charge in [0, 0.05) is 56.0 Å². The number of para-hydroxylation sites is 1. The average molecular weight is 497 g/mol. The van der Waals surface area contributed by atoms with E-state index in [-0.39, 0.29) is 17.3 Å². The minimum atomic E-state index is -3.99. The van der Waals surface area contributed by atoms with Crippen LogP contribution in [0, 0.1) is 18.7 Å². The zero-order valence-electron chi connectivity index (χ0n) is 19.7. The molecule has 5 rings (SSSR count). The molecule has 2 fully saturated rings. The predicted molar refractivity (Wildman–Crippen MR) is 133 cm³/mol. The Morgan fingerprint density at radius 3 is 2.49 bits per heavy atom. The monoisotopic (exact) mass is 496 g/mol. The van der Waals surface area contributed by atoms with Crippen LogP contribution in [0.2, 0.25) is 0 Å². The summed E-state index contributed by atoms with van der Waals surface area (Å²) in [5.74, 6) is -1.20. The van der Waals surface area contributed by atoms with Gasteiger partial charge in [-0.25, -0.2) is 12.8 Å². The fraction of sp³-hybridized carbons (Fsp3) is 0.385. The number of nitrogens with zero attached hydrogens (tertiary/aromatic N) is 4. The first kappa shape index (κ1) is 23.7. The molecule has 3 heterocycles. The van der Waals surface area contributed by atoms with Crippen LogP contribution in [0.3, 0.4) is 0 Å². The van der Waals surface area contributed by atoms with Crippen LogP contribution in [0.25, 0.3) is 10.9 Å². The third-order valence-corrected chi connectivity index (χ3v) is 8.84. The van der Waals surface area contributed by atoms with Crippen LogP contribution in [-0.2, 0) is 14.8 Å². The molecule has 3 aromatic rings. The van der Waals surface area contributed by atoms with Crippen molar-refractivity contribution in [3.8, 4) is 0 Å². The van der Waals surface area contributed by atoms with E-state index in [2.05, 4.69) is 22.0 Å². The number of piperidine rings is 1. The number of pyridine rings is 1. The van der Waals surface area contributed by atoms with Gasteiger partial charge in [0.05, 0.1) is 11.4 Å². The summed E-state index contributed by atoms with van der Waals surface area (Å²) >= 11 is 0. The van der Waals surface area contributed by atoms with Crippen molar-refractivity contribution in [2.24, 2.45) is 5.92 Å². The van der Waals surface area contributed by atoms with Gasteiger partial charge in [0.15, 0.2) is 0 Å².